The Kier molecular flexibility index (Phi) is 7.94. The predicted molar refractivity (Wildman–Crippen MR) is 162 cm³/mol. The Bertz CT molecular complexity index is 1740. The molecule has 210 valence electrons. The van der Waals surface area contributed by atoms with Crippen LogP contribution in [-0.2, 0) is 19.9 Å². The molecule has 0 bridgehead atoms. The van der Waals surface area contributed by atoms with Crippen molar-refractivity contribution < 1.29 is 17.9 Å². The molecule has 4 aromatic carbocycles. The first-order valence-corrected chi connectivity index (χ1v) is 13.5. The smallest absolute Gasteiger partial charge is 0.406 e. The van der Waals surface area contributed by atoms with E-state index < -0.39 is 6.36 Å². The zero-order valence-electron chi connectivity index (χ0n) is 22.7. The van der Waals surface area contributed by atoms with E-state index in [1.165, 1.54) is 23.3 Å². The van der Waals surface area contributed by atoms with Gasteiger partial charge in [-0.3, -0.25) is 10.1 Å². The minimum absolute atomic E-state index is 0.269. The molecule has 0 atom stereocenters. The number of halogens is 3. The number of fused-ring (bicyclic) bond motifs is 3. The van der Waals surface area contributed by atoms with Gasteiger partial charge in [0.25, 0.3) is 0 Å². The largest absolute Gasteiger partial charge is 0.573 e. The van der Waals surface area contributed by atoms with Gasteiger partial charge in [0.2, 0.25) is 0 Å². The number of rotatable bonds is 7. The van der Waals surface area contributed by atoms with Crippen LogP contribution in [0.25, 0.3) is 32.9 Å². The molecule has 2 N–H and O–H groups in total. The van der Waals surface area contributed by atoms with Crippen LogP contribution in [0.3, 0.4) is 0 Å². The van der Waals surface area contributed by atoms with Gasteiger partial charge in [-0.25, -0.2) is 0 Å². The number of hydrazone groups is 1. The first-order chi connectivity index (χ1) is 19.7. The molecule has 0 aliphatic rings. The number of hydrogen-bond acceptors (Lipinski definition) is 4. The summed E-state index contributed by atoms with van der Waals surface area (Å²) in [7, 11) is 1.81. The van der Waals surface area contributed by atoms with Gasteiger partial charge in [-0.1, -0.05) is 50.2 Å². The summed E-state index contributed by atoms with van der Waals surface area (Å²) in [5, 5.41) is 15.6. The van der Waals surface area contributed by atoms with Crippen LogP contribution in [0.4, 0.5) is 18.9 Å². The van der Waals surface area contributed by atoms with E-state index in [4.69, 9.17) is 17.3 Å². The van der Waals surface area contributed by atoms with Gasteiger partial charge in [0.15, 0.2) is 5.11 Å². The summed E-state index contributed by atoms with van der Waals surface area (Å²) in [5.41, 5.74) is 9.54. The van der Waals surface area contributed by atoms with Gasteiger partial charge < -0.3 is 10.1 Å². The molecule has 0 fully saturated rings. The molecule has 10 heteroatoms. The van der Waals surface area contributed by atoms with Crippen molar-refractivity contribution in [1.82, 2.24) is 15.2 Å². The molecule has 5 aromatic rings. The number of thiocarbonyl (C=S) groups is 1. The number of nitrogens with zero attached hydrogens (tertiary/aromatic N) is 3. The summed E-state index contributed by atoms with van der Waals surface area (Å²) in [4.78, 5) is 0. The lowest BCUT2D eigenvalue weighted by Crippen LogP contribution is -2.25. The second-order valence-electron chi connectivity index (χ2n) is 9.47. The molecular weight excluding hydrogens is 547 g/mol. The fraction of sp³-hybridized carbons (Fsp3) is 0.194. The summed E-state index contributed by atoms with van der Waals surface area (Å²) in [5.74, 6) is -0.269. The second-order valence-corrected chi connectivity index (χ2v) is 9.88. The fourth-order valence-corrected chi connectivity index (χ4v) is 5.11. The van der Waals surface area contributed by atoms with Crippen molar-refractivity contribution in [2.45, 2.75) is 33.1 Å². The van der Waals surface area contributed by atoms with Crippen molar-refractivity contribution in [2.24, 2.45) is 12.1 Å². The van der Waals surface area contributed by atoms with Gasteiger partial charge in [-0.05, 0) is 83.5 Å². The van der Waals surface area contributed by atoms with E-state index in [1.54, 1.807) is 23.0 Å². The third kappa shape index (κ3) is 6.17. The molecule has 0 radical (unpaired) electrons. The van der Waals surface area contributed by atoms with Gasteiger partial charge in [0.05, 0.1) is 11.9 Å². The first-order valence-electron chi connectivity index (χ1n) is 13.1. The number of ether oxygens (including phenoxy) is 1. The van der Waals surface area contributed by atoms with Crippen molar-refractivity contribution in [3.8, 4) is 17.0 Å². The van der Waals surface area contributed by atoms with Crippen LogP contribution in [0.2, 0.25) is 0 Å². The molecule has 0 spiro atoms. The average molecular weight is 576 g/mol. The Labute approximate surface area is 240 Å². The lowest BCUT2D eigenvalue weighted by molar-refractivity contribution is -0.274. The van der Waals surface area contributed by atoms with Gasteiger partial charge in [0, 0.05) is 29.1 Å². The molecular formula is C31H28F3N5OS. The Morgan fingerprint density at radius 3 is 2.32 bits per heavy atom. The SMILES string of the molecule is CCc1cccc(CC)c1NC(=S)N/N=C/c1ccc2c(ccc3c(-c4ccc(OC(F)(F)F)cc4)n(C)nc32)c1. The third-order valence-corrected chi connectivity index (χ3v) is 7.02. The first kappa shape index (κ1) is 28.1. The molecule has 5 rings (SSSR count). The van der Waals surface area contributed by atoms with E-state index in [0.29, 0.717) is 5.11 Å². The molecule has 0 aliphatic carbocycles. The van der Waals surface area contributed by atoms with E-state index in [2.05, 4.69) is 52.6 Å². The van der Waals surface area contributed by atoms with Crippen LogP contribution in [0.5, 0.6) is 5.75 Å². The van der Waals surface area contributed by atoms with Gasteiger partial charge >= 0.3 is 6.36 Å². The topological polar surface area (TPSA) is 63.5 Å². The number of benzene rings is 4. The number of aryl methyl sites for hydroxylation is 3. The van der Waals surface area contributed by atoms with Crippen LogP contribution < -0.4 is 15.5 Å². The minimum atomic E-state index is -4.73. The second kappa shape index (κ2) is 11.6. The quantitative estimate of drug-likeness (QED) is 0.118. The normalized spacial score (nSPS) is 11.9. The maximum absolute atomic E-state index is 12.5. The van der Waals surface area contributed by atoms with Crippen molar-refractivity contribution >= 4 is 50.9 Å². The van der Waals surface area contributed by atoms with E-state index in [9.17, 15) is 13.2 Å². The lowest BCUT2D eigenvalue weighted by Gasteiger charge is -2.15. The van der Waals surface area contributed by atoms with E-state index in [1.807, 2.05) is 37.4 Å². The molecule has 6 nitrogen and oxygen atoms in total. The number of alkyl halides is 3. The molecule has 1 heterocycles. The van der Waals surface area contributed by atoms with E-state index in [0.717, 1.165) is 57.0 Å². The van der Waals surface area contributed by atoms with Crippen LogP contribution in [0.1, 0.15) is 30.5 Å². The fourth-order valence-electron chi connectivity index (χ4n) is 4.95. The highest BCUT2D eigenvalue weighted by atomic mass is 32.1. The highest BCUT2D eigenvalue weighted by Gasteiger charge is 2.31. The highest BCUT2D eigenvalue weighted by Crippen LogP contribution is 2.34. The number of anilines is 1. The number of para-hydroxylation sites is 1. The Hall–Kier alpha value is -4.44. The molecule has 0 amide bonds. The van der Waals surface area contributed by atoms with Crippen molar-refractivity contribution in [3.63, 3.8) is 0 Å². The Balaban J connectivity index is 1.34. The van der Waals surface area contributed by atoms with Crippen LogP contribution in [0.15, 0.2) is 77.9 Å². The predicted octanol–water partition coefficient (Wildman–Crippen LogP) is 7.74. The van der Waals surface area contributed by atoms with Crippen molar-refractivity contribution in [1.29, 1.82) is 0 Å². The molecule has 0 unspecified atom stereocenters. The zero-order valence-corrected chi connectivity index (χ0v) is 23.5. The molecule has 41 heavy (non-hydrogen) atoms. The summed E-state index contributed by atoms with van der Waals surface area (Å²) < 4.78 is 43.4. The maximum Gasteiger partial charge on any atom is 0.573 e. The number of aromatic nitrogens is 2. The Morgan fingerprint density at radius 2 is 1.66 bits per heavy atom. The van der Waals surface area contributed by atoms with Gasteiger partial charge in [0.1, 0.15) is 11.3 Å². The third-order valence-electron chi connectivity index (χ3n) is 6.82. The molecule has 0 saturated heterocycles. The average Bonchev–Trinajstić information content (AvgIpc) is 3.28. The standard InChI is InChI=1S/C31H28F3N5OS/c1-4-20-7-6-8-21(5-2)27(20)36-30(41)37-35-18-19-9-15-25-23(17-19)12-16-26-28(25)38-39(3)29(26)22-10-13-24(14-11-22)40-31(32,33)34/h6-18H,4-5H2,1-3H3,(H2,36,37,41)/b35-18+. The minimum Gasteiger partial charge on any atom is -0.406 e. The maximum atomic E-state index is 12.5. The summed E-state index contributed by atoms with van der Waals surface area (Å²) in [6.07, 6.45) is -1.24. The lowest BCUT2D eigenvalue weighted by atomic mass is 10.0. The van der Waals surface area contributed by atoms with Crippen LogP contribution in [0, 0.1) is 0 Å². The zero-order chi connectivity index (χ0) is 29.1. The number of nitrogens with one attached hydrogen (secondary N) is 2. The van der Waals surface area contributed by atoms with Crippen molar-refractivity contribution in [2.75, 3.05) is 5.32 Å². The highest BCUT2D eigenvalue weighted by molar-refractivity contribution is 7.80. The number of hydrogen-bond donors (Lipinski definition) is 2. The van der Waals surface area contributed by atoms with Gasteiger partial charge in [-0.15, -0.1) is 13.2 Å². The molecule has 1 aromatic heterocycles. The summed E-state index contributed by atoms with van der Waals surface area (Å²) in [6.45, 7) is 4.23. The Morgan fingerprint density at radius 1 is 0.976 bits per heavy atom. The molecule has 0 aliphatic heterocycles. The summed E-state index contributed by atoms with van der Waals surface area (Å²) >= 11 is 5.48. The van der Waals surface area contributed by atoms with Crippen molar-refractivity contribution in [3.05, 3.63) is 89.5 Å². The van der Waals surface area contributed by atoms with Gasteiger partial charge in [-0.2, -0.15) is 10.2 Å². The van der Waals surface area contributed by atoms with E-state index in [-0.39, 0.29) is 5.75 Å². The monoisotopic (exact) mass is 575 g/mol. The van der Waals surface area contributed by atoms with Crippen LogP contribution in [-0.4, -0.2) is 27.5 Å². The van der Waals surface area contributed by atoms with Crippen LogP contribution >= 0.6 is 12.2 Å². The van der Waals surface area contributed by atoms with E-state index >= 15 is 0 Å². The molecule has 0 saturated carbocycles. The summed E-state index contributed by atoms with van der Waals surface area (Å²) in [6, 6.07) is 21.9.